The van der Waals surface area contributed by atoms with Crippen LogP contribution in [0.4, 0.5) is 0 Å². The Labute approximate surface area is 519 Å². The van der Waals surface area contributed by atoms with Gasteiger partial charge in [0.05, 0.1) is 0 Å². The van der Waals surface area contributed by atoms with Crippen LogP contribution in [0.2, 0.25) is 0 Å². The topological polar surface area (TPSA) is 25.3 Å². The predicted molar refractivity (Wildman–Crippen MR) is 363 cm³/mol. The van der Waals surface area contributed by atoms with Crippen LogP contribution in [0.15, 0.2) is 47.5 Å². The summed E-state index contributed by atoms with van der Waals surface area (Å²) in [6, 6.07) is 15.1. The number of hydrogen-bond acceptors (Lipinski definition) is 0. The average Bonchev–Trinajstić information content (AvgIpc) is 3.86. The Bertz CT molecular complexity index is 1700. The molecule has 0 N–H and O–H groups in total. The van der Waals surface area contributed by atoms with Gasteiger partial charge < -0.3 is 19.4 Å². The van der Waals surface area contributed by atoms with Crippen molar-refractivity contribution in [3.8, 4) is 0 Å². The monoisotopic (exact) mass is 1160 g/mol. The fourth-order valence-corrected chi connectivity index (χ4v) is 12.6. The van der Waals surface area contributed by atoms with Crippen LogP contribution >= 0.6 is 0 Å². The minimum atomic E-state index is 0. The van der Waals surface area contributed by atoms with E-state index >= 15 is 0 Å². The first kappa shape index (κ1) is 79.0. The molecule has 2 aromatic rings. The van der Waals surface area contributed by atoms with E-state index in [-0.39, 0.29) is 16.5 Å². The van der Waals surface area contributed by atoms with Crippen LogP contribution in [0.25, 0.3) is 16.9 Å². The summed E-state index contributed by atoms with van der Waals surface area (Å²) in [5.74, 6) is 0. The van der Waals surface area contributed by atoms with Gasteiger partial charge in [0.2, 0.25) is 11.4 Å². The predicted octanol–water partition coefficient (Wildman–Crippen LogP) is 27.5. The van der Waals surface area contributed by atoms with Gasteiger partial charge >= 0.3 is 16.5 Å². The van der Waals surface area contributed by atoms with E-state index in [0.717, 1.165) is 49.9 Å². The zero-order chi connectivity index (χ0) is 58.4. The molecule has 2 aromatic carbocycles. The maximum absolute atomic E-state index is 12.9. The van der Waals surface area contributed by atoms with Crippen molar-refractivity contribution < 1.29 is 21.2 Å². The molecule has 1 aliphatic rings. The number of nitrogens with zero attached hydrogens (tertiary/aromatic N) is 2. The Balaban J connectivity index is 0.0000125. The number of unbranched alkanes of at least 4 members (excludes halogenated alkanes) is 41. The molecule has 1 aliphatic heterocycles. The summed E-state index contributed by atoms with van der Waals surface area (Å²) < 4.78 is 1.72. The second-order valence-corrected chi connectivity index (χ2v) is 24.6. The van der Waals surface area contributed by atoms with Gasteiger partial charge in [0.1, 0.15) is 0 Å². The van der Waals surface area contributed by atoms with E-state index in [4.69, 9.17) is 0 Å². The Morgan fingerprint density at radius 1 is 0.259 bits per heavy atom. The third-order valence-corrected chi connectivity index (χ3v) is 17.4. The molecule has 0 saturated carbocycles. The molecular formula is C78H138N2Ni. The maximum Gasteiger partial charge on any atom is 2.00 e. The molecule has 1 heterocycles. The summed E-state index contributed by atoms with van der Waals surface area (Å²) in [6.07, 6.45) is 69.6. The number of benzene rings is 2. The second kappa shape index (κ2) is 58.4. The molecule has 0 saturated heterocycles. The molecule has 81 heavy (non-hydrogen) atoms. The Morgan fingerprint density at radius 2 is 0.444 bits per heavy atom. The molecule has 2 nitrogen and oxygen atoms in total. The number of allylic oxidation sites excluding steroid dienone is 2. The van der Waals surface area contributed by atoms with Gasteiger partial charge in [-0.15, -0.1) is 0 Å². The first-order valence-corrected chi connectivity index (χ1v) is 36.1. The Kier molecular flexibility index (Phi) is 57.0. The van der Waals surface area contributed by atoms with Crippen LogP contribution < -0.4 is 0 Å². The summed E-state index contributed by atoms with van der Waals surface area (Å²) in [5.41, 5.74) is 26.3. The molecule has 0 fully saturated rings. The molecule has 0 aliphatic carbocycles. The SMILES string of the molecule is CCCCCCCCCCCCCCCCCCc1cc(CCCCCCCCCCCCCCCCCC)cc(C2=C(CC)C(CCCCCCCC)=C(c3cc(CCCCCC)cc(CCCCCC)c3)[N+]2=[N-])c1.[CH2-]C.[CH2-]C.[Ni+2]. The van der Waals surface area contributed by atoms with Crippen molar-refractivity contribution in [2.75, 3.05) is 0 Å². The molecule has 0 radical (unpaired) electrons. The molecular weight excluding hydrogens is 1020 g/mol. The minimum Gasteiger partial charge on any atom is -0.493 e. The standard InChI is InChI=1S/C74H128N2.2C2H5.Ni/c1-7-13-18-23-26-28-30-32-34-36-38-40-42-44-46-51-56-67-60-68(57-52-47-45-43-41-39-37-35-33-31-29-27-24-19-14-8-2)62-69(61-67)73-71(12-6)72(58-53-48-25-20-15-9-3)74(76(73)75)70-63-65(54-49-21-16-10-4)59-66(64-70)55-50-22-17-11-5;2*1-2;/h59-64H,7-58H2,1-6H3;2*1H2,2H3;/q;2*-1;+2. The zero-order valence-electron chi connectivity index (χ0n) is 55.9. The van der Waals surface area contributed by atoms with Crippen molar-refractivity contribution in [2.45, 2.75) is 389 Å². The Hall–Kier alpha value is -1.99. The van der Waals surface area contributed by atoms with E-state index in [2.05, 4.69) is 91.8 Å². The van der Waals surface area contributed by atoms with Crippen molar-refractivity contribution >= 4 is 11.4 Å². The number of hydrogen-bond donors (Lipinski definition) is 0. The third kappa shape index (κ3) is 38.6. The van der Waals surface area contributed by atoms with Crippen LogP contribution in [0.1, 0.15) is 397 Å². The fourth-order valence-electron chi connectivity index (χ4n) is 12.6. The molecule has 0 spiro atoms. The molecule has 0 bridgehead atoms. The quantitative estimate of drug-likeness (QED) is 0.0273. The summed E-state index contributed by atoms with van der Waals surface area (Å²) in [6.45, 7) is 24.0. The van der Waals surface area contributed by atoms with E-state index in [1.165, 1.54) is 340 Å². The Morgan fingerprint density at radius 3 is 0.667 bits per heavy atom. The largest absolute Gasteiger partial charge is 2.00 e. The van der Waals surface area contributed by atoms with E-state index in [0.29, 0.717) is 0 Å². The van der Waals surface area contributed by atoms with Crippen molar-refractivity contribution in [1.82, 2.24) is 0 Å². The van der Waals surface area contributed by atoms with E-state index in [9.17, 15) is 5.53 Å². The second-order valence-electron chi connectivity index (χ2n) is 24.6. The average molecular weight is 1160 g/mol. The summed E-state index contributed by atoms with van der Waals surface area (Å²) in [7, 11) is 0. The van der Waals surface area contributed by atoms with Gasteiger partial charge in [-0.3, -0.25) is 0 Å². The van der Waals surface area contributed by atoms with Crippen molar-refractivity contribution in [3.63, 3.8) is 0 Å². The smallest absolute Gasteiger partial charge is 0.493 e. The first-order chi connectivity index (χ1) is 39.5. The molecule has 3 rings (SSSR count). The van der Waals surface area contributed by atoms with Crippen molar-refractivity contribution in [3.05, 3.63) is 100 Å². The molecule has 470 valence electrons. The van der Waals surface area contributed by atoms with Gasteiger partial charge in [0, 0.05) is 22.3 Å². The molecule has 0 aromatic heterocycles. The van der Waals surface area contributed by atoms with Crippen LogP contribution in [0.5, 0.6) is 0 Å². The third-order valence-electron chi connectivity index (χ3n) is 17.4. The van der Waals surface area contributed by atoms with Crippen molar-refractivity contribution in [2.24, 2.45) is 0 Å². The normalized spacial score (nSPS) is 12.2. The van der Waals surface area contributed by atoms with Gasteiger partial charge in [-0.2, -0.15) is 13.8 Å². The molecule has 0 unspecified atom stereocenters. The van der Waals surface area contributed by atoms with Crippen LogP contribution in [-0.2, 0) is 42.2 Å². The van der Waals surface area contributed by atoms with E-state index in [1.807, 2.05) is 0 Å². The summed E-state index contributed by atoms with van der Waals surface area (Å²) in [4.78, 5) is 0. The van der Waals surface area contributed by atoms with Gasteiger partial charge in [-0.05, 0) is 117 Å². The van der Waals surface area contributed by atoms with E-state index < -0.39 is 0 Å². The maximum atomic E-state index is 12.9. The summed E-state index contributed by atoms with van der Waals surface area (Å²) in [5, 5.41) is 0. The zero-order valence-corrected chi connectivity index (χ0v) is 56.8. The molecule has 0 amide bonds. The summed E-state index contributed by atoms with van der Waals surface area (Å²) >= 11 is 0. The van der Waals surface area contributed by atoms with Crippen molar-refractivity contribution in [1.29, 1.82) is 0 Å². The van der Waals surface area contributed by atoms with Crippen LogP contribution in [0, 0.1) is 13.8 Å². The first-order valence-electron chi connectivity index (χ1n) is 36.1. The number of rotatable bonds is 54. The van der Waals surface area contributed by atoms with E-state index in [1.54, 1.807) is 18.5 Å². The minimum absolute atomic E-state index is 0. The van der Waals surface area contributed by atoms with Gasteiger partial charge in [0.15, 0.2) is 0 Å². The van der Waals surface area contributed by atoms with Gasteiger partial charge in [0.25, 0.3) is 0 Å². The van der Waals surface area contributed by atoms with Crippen LogP contribution in [-0.4, -0.2) is 4.70 Å². The fraction of sp³-hybridized carbons (Fsp3) is 0.769. The van der Waals surface area contributed by atoms with Crippen LogP contribution in [0.3, 0.4) is 0 Å². The van der Waals surface area contributed by atoms with Gasteiger partial charge in [-0.25, -0.2) is 4.70 Å². The van der Waals surface area contributed by atoms with Gasteiger partial charge in [-0.1, -0.05) is 317 Å². The number of aryl methyl sites for hydroxylation is 4. The molecule has 3 heteroatoms. The molecule has 0 atom stereocenters.